The number of rotatable bonds is 6. The fraction of sp³-hybridized carbons (Fsp3) is 0.161. The monoisotopic (exact) mass is 523 g/mol. The van der Waals surface area contributed by atoms with Crippen LogP contribution in [0, 0.1) is 13.8 Å². The maximum Gasteiger partial charge on any atom is 0.266 e. The second-order valence-electron chi connectivity index (χ2n) is 9.51. The highest BCUT2D eigenvalue weighted by Gasteiger charge is 2.30. The Bertz CT molecular complexity index is 1800. The van der Waals surface area contributed by atoms with E-state index in [0.717, 1.165) is 22.3 Å². The molecule has 0 radical (unpaired) electrons. The van der Waals surface area contributed by atoms with Crippen LogP contribution in [0.1, 0.15) is 29.9 Å². The molecule has 0 bridgehead atoms. The molecule has 1 aromatic heterocycles. The summed E-state index contributed by atoms with van der Waals surface area (Å²) >= 11 is 0. The summed E-state index contributed by atoms with van der Waals surface area (Å²) in [5.74, 6) is 0.354. The zero-order valence-corrected chi connectivity index (χ0v) is 22.6. The standard InChI is InChI=1S/C31H29N3O3S/c1-21-14-19-29(22(2)20-21)34-30(32-28-13-9-8-12-27(28)31(34)35)23(3)33(4)38(36,37)26-17-15-25(16-18-26)24-10-6-5-7-11-24/h5-20,23H,1-4H3. The van der Waals surface area contributed by atoms with Crippen LogP contribution >= 0.6 is 0 Å². The van der Waals surface area contributed by atoms with Crippen molar-refractivity contribution in [3.8, 4) is 16.8 Å². The lowest BCUT2D eigenvalue weighted by atomic mass is 10.1. The molecule has 0 N–H and O–H groups in total. The van der Waals surface area contributed by atoms with Crippen LogP contribution in [0.3, 0.4) is 0 Å². The summed E-state index contributed by atoms with van der Waals surface area (Å²) in [6.07, 6.45) is 0. The first-order valence-corrected chi connectivity index (χ1v) is 13.9. The lowest BCUT2D eigenvalue weighted by Crippen LogP contribution is -2.35. The molecule has 5 aromatic rings. The van der Waals surface area contributed by atoms with Gasteiger partial charge in [-0.15, -0.1) is 0 Å². The summed E-state index contributed by atoms with van der Waals surface area (Å²) in [7, 11) is -2.36. The topological polar surface area (TPSA) is 72.3 Å². The van der Waals surface area contributed by atoms with Crippen molar-refractivity contribution in [3.63, 3.8) is 0 Å². The summed E-state index contributed by atoms with van der Waals surface area (Å²) in [4.78, 5) is 18.7. The second-order valence-corrected chi connectivity index (χ2v) is 11.5. The third-order valence-corrected chi connectivity index (χ3v) is 8.89. The number of hydrogen-bond acceptors (Lipinski definition) is 4. The van der Waals surface area contributed by atoms with E-state index in [1.165, 1.54) is 11.4 Å². The van der Waals surface area contributed by atoms with E-state index in [-0.39, 0.29) is 10.5 Å². The summed E-state index contributed by atoms with van der Waals surface area (Å²) in [6.45, 7) is 5.69. The number of fused-ring (bicyclic) bond motifs is 1. The van der Waals surface area contributed by atoms with Crippen LogP contribution in [0.2, 0.25) is 0 Å². The van der Waals surface area contributed by atoms with Gasteiger partial charge in [0, 0.05) is 7.05 Å². The molecule has 1 unspecified atom stereocenters. The Balaban J connectivity index is 1.60. The second kappa shape index (κ2) is 10.0. The van der Waals surface area contributed by atoms with E-state index in [0.29, 0.717) is 22.4 Å². The minimum Gasteiger partial charge on any atom is -0.268 e. The Kier molecular flexibility index (Phi) is 6.73. The van der Waals surface area contributed by atoms with Crippen molar-refractivity contribution < 1.29 is 8.42 Å². The lowest BCUT2D eigenvalue weighted by molar-refractivity contribution is 0.379. The van der Waals surface area contributed by atoms with Gasteiger partial charge >= 0.3 is 0 Å². The van der Waals surface area contributed by atoms with Crippen molar-refractivity contribution in [3.05, 3.63) is 124 Å². The van der Waals surface area contributed by atoms with Gasteiger partial charge in [0.05, 0.1) is 27.5 Å². The van der Waals surface area contributed by atoms with Crippen molar-refractivity contribution in [2.24, 2.45) is 0 Å². The number of aromatic nitrogens is 2. The summed E-state index contributed by atoms with van der Waals surface area (Å²) < 4.78 is 30.3. The maximum atomic E-state index is 13.8. The molecule has 1 heterocycles. The Labute approximate surface area is 222 Å². The van der Waals surface area contributed by atoms with Gasteiger partial charge in [0.15, 0.2) is 0 Å². The Morgan fingerprint density at radius 2 is 1.45 bits per heavy atom. The third kappa shape index (κ3) is 4.55. The van der Waals surface area contributed by atoms with Gasteiger partial charge in [-0.2, -0.15) is 4.31 Å². The predicted molar refractivity (Wildman–Crippen MR) is 152 cm³/mol. The molecule has 0 aliphatic rings. The number of nitrogens with zero attached hydrogens (tertiary/aromatic N) is 3. The van der Waals surface area contributed by atoms with E-state index < -0.39 is 16.1 Å². The van der Waals surface area contributed by atoms with Gasteiger partial charge in [0.1, 0.15) is 5.82 Å². The third-order valence-electron chi connectivity index (χ3n) is 6.95. The zero-order valence-electron chi connectivity index (χ0n) is 21.8. The lowest BCUT2D eigenvalue weighted by Gasteiger charge is -2.27. The Morgan fingerprint density at radius 1 is 0.816 bits per heavy atom. The van der Waals surface area contributed by atoms with Gasteiger partial charge in [-0.1, -0.05) is 72.3 Å². The SMILES string of the molecule is Cc1ccc(-n2c(C(C)N(C)S(=O)(=O)c3ccc(-c4ccccc4)cc3)nc3ccccc3c2=O)c(C)c1. The first kappa shape index (κ1) is 25.6. The Hall–Kier alpha value is -4.07. The van der Waals surface area contributed by atoms with E-state index in [9.17, 15) is 13.2 Å². The van der Waals surface area contributed by atoms with Crippen molar-refractivity contribution in [2.75, 3.05) is 7.05 Å². The number of hydrogen-bond donors (Lipinski definition) is 0. The van der Waals surface area contributed by atoms with Crippen LogP contribution in [0.5, 0.6) is 0 Å². The summed E-state index contributed by atoms with van der Waals surface area (Å²) in [5.41, 5.74) is 4.89. The largest absolute Gasteiger partial charge is 0.268 e. The first-order valence-electron chi connectivity index (χ1n) is 12.4. The van der Waals surface area contributed by atoms with Gasteiger partial charge in [-0.05, 0) is 67.8 Å². The van der Waals surface area contributed by atoms with Crippen molar-refractivity contribution in [1.29, 1.82) is 0 Å². The molecule has 5 rings (SSSR count). The Morgan fingerprint density at radius 3 is 2.13 bits per heavy atom. The first-order chi connectivity index (χ1) is 18.2. The number of aryl methyl sites for hydroxylation is 2. The van der Waals surface area contributed by atoms with Gasteiger partial charge in [-0.25, -0.2) is 13.4 Å². The van der Waals surface area contributed by atoms with E-state index in [1.807, 2.05) is 68.4 Å². The van der Waals surface area contributed by atoms with Gasteiger partial charge < -0.3 is 0 Å². The normalized spacial score (nSPS) is 12.7. The molecular weight excluding hydrogens is 494 g/mol. The van der Waals surface area contributed by atoms with Crippen LogP contribution < -0.4 is 5.56 Å². The molecular formula is C31H29N3O3S. The minimum absolute atomic E-state index is 0.174. The fourth-order valence-electron chi connectivity index (χ4n) is 4.71. The highest BCUT2D eigenvalue weighted by Crippen LogP contribution is 2.29. The average Bonchev–Trinajstić information content (AvgIpc) is 2.93. The molecule has 192 valence electrons. The van der Waals surface area contributed by atoms with E-state index in [1.54, 1.807) is 54.0 Å². The smallest absolute Gasteiger partial charge is 0.266 e. The number of sulfonamides is 1. The molecule has 1 atom stereocenters. The van der Waals surface area contributed by atoms with Crippen molar-refractivity contribution >= 4 is 20.9 Å². The highest BCUT2D eigenvalue weighted by atomic mass is 32.2. The van der Waals surface area contributed by atoms with Crippen LogP contribution in [0.15, 0.2) is 107 Å². The van der Waals surface area contributed by atoms with Crippen LogP contribution in [-0.2, 0) is 10.0 Å². The van der Waals surface area contributed by atoms with Crippen LogP contribution in [0.4, 0.5) is 0 Å². The van der Waals surface area contributed by atoms with Crippen LogP contribution in [0.25, 0.3) is 27.7 Å². The molecule has 0 aliphatic carbocycles. The highest BCUT2D eigenvalue weighted by molar-refractivity contribution is 7.89. The molecule has 0 saturated carbocycles. The molecule has 4 aromatic carbocycles. The molecule has 6 nitrogen and oxygen atoms in total. The van der Waals surface area contributed by atoms with Crippen LogP contribution in [-0.4, -0.2) is 29.3 Å². The van der Waals surface area contributed by atoms with Crippen molar-refractivity contribution in [2.45, 2.75) is 31.7 Å². The number of para-hydroxylation sites is 1. The molecule has 0 amide bonds. The molecule has 0 saturated heterocycles. The molecule has 0 spiro atoms. The zero-order chi connectivity index (χ0) is 27.0. The molecule has 0 fully saturated rings. The molecule has 7 heteroatoms. The molecule has 38 heavy (non-hydrogen) atoms. The van der Waals surface area contributed by atoms with Gasteiger partial charge in [0.2, 0.25) is 10.0 Å². The van der Waals surface area contributed by atoms with E-state index >= 15 is 0 Å². The van der Waals surface area contributed by atoms with Crippen molar-refractivity contribution in [1.82, 2.24) is 13.9 Å². The van der Waals surface area contributed by atoms with E-state index in [2.05, 4.69) is 0 Å². The minimum atomic E-state index is -3.89. The quantitative estimate of drug-likeness (QED) is 0.272. The van der Waals surface area contributed by atoms with E-state index in [4.69, 9.17) is 4.98 Å². The maximum absolute atomic E-state index is 13.8. The predicted octanol–water partition coefficient (Wildman–Crippen LogP) is 6.05. The van der Waals surface area contributed by atoms with Gasteiger partial charge in [0.25, 0.3) is 5.56 Å². The molecule has 0 aliphatic heterocycles. The average molecular weight is 524 g/mol. The summed E-state index contributed by atoms with van der Waals surface area (Å²) in [5, 5.41) is 0.477. The van der Waals surface area contributed by atoms with Gasteiger partial charge in [-0.3, -0.25) is 9.36 Å². The summed E-state index contributed by atoms with van der Waals surface area (Å²) in [6, 6.07) is 28.9. The number of benzene rings is 4. The fourth-order valence-corrected chi connectivity index (χ4v) is 6.03.